The van der Waals surface area contributed by atoms with Gasteiger partial charge in [-0.2, -0.15) is 17.5 Å². The van der Waals surface area contributed by atoms with E-state index in [4.69, 9.17) is 0 Å². The zero-order chi connectivity index (χ0) is 11.4. The minimum absolute atomic E-state index is 0.750. The van der Waals surface area contributed by atoms with Crippen molar-refractivity contribution in [3.05, 3.63) is 11.9 Å². The van der Waals surface area contributed by atoms with Crippen LogP contribution in [0, 0.1) is 6.92 Å². The predicted octanol–water partition coefficient (Wildman–Crippen LogP) is 1.95. The highest BCUT2D eigenvalue weighted by Crippen LogP contribution is 2.30. The number of nitrogens with zero attached hydrogens (tertiary/aromatic N) is 6. The van der Waals surface area contributed by atoms with Crippen LogP contribution >= 0.6 is 23.5 Å². The van der Waals surface area contributed by atoms with Crippen LogP contribution in [-0.4, -0.2) is 27.5 Å². The number of hydrogen-bond acceptors (Lipinski definition) is 8. The van der Waals surface area contributed by atoms with Crippen LogP contribution in [0.1, 0.15) is 5.69 Å². The maximum atomic E-state index is 4.48. The van der Waals surface area contributed by atoms with Crippen LogP contribution in [0.5, 0.6) is 0 Å². The average molecular weight is 260 g/mol. The number of fused-ring (bicyclic) bond motifs is 6. The Bertz CT molecular complexity index is 864. The van der Waals surface area contributed by atoms with Gasteiger partial charge in [0, 0.05) is 6.20 Å². The second-order valence-corrected chi connectivity index (χ2v) is 4.69. The van der Waals surface area contributed by atoms with Crippen LogP contribution in [0.3, 0.4) is 0 Å². The largest absolute Gasteiger partial charge is 0.250 e. The highest BCUT2D eigenvalue weighted by atomic mass is 32.1. The number of aryl methyl sites for hydroxylation is 1. The molecular formula is C9H4N6S2. The second kappa shape index (κ2) is 3.11. The van der Waals surface area contributed by atoms with Gasteiger partial charge >= 0.3 is 0 Å². The molecule has 8 heteroatoms. The molecule has 4 rings (SSSR count). The smallest absolute Gasteiger partial charge is 0.136 e. The highest BCUT2D eigenvalue weighted by molar-refractivity contribution is 7.01. The van der Waals surface area contributed by atoms with E-state index in [2.05, 4.69) is 27.5 Å². The van der Waals surface area contributed by atoms with Gasteiger partial charge in [-0.25, -0.2) is 4.98 Å². The molecule has 4 aromatic rings. The van der Waals surface area contributed by atoms with Crippen molar-refractivity contribution >= 4 is 56.6 Å². The first-order valence-corrected chi connectivity index (χ1v) is 6.30. The summed E-state index contributed by atoms with van der Waals surface area (Å²) in [5, 5.41) is 0. The summed E-state index contributed by atoms with van der Waals surface area (Å²) in [6.07, 6.45) is 1.73. The highest BCUT2D eigenvalue weighted by Gasteiger charge is 2.16. The lowest BCUT2D eigenvalue weighted by Gasteiger charge is -1.98. The van der Waals surface area contributed by atoms with Gasteiger partial charge < -0.3 is 0 Å². The van der Waals surface area contributed by atoms with Gasteiger partial charge in [0.05, 0.1) is 29.2 Å². The third-order valence-electron chi connectivity index (χ3n) is 2.54. The maximum absolute atomic E-state index is 4.48. The molecule has 0 spiro atoms. The molecule has 0 aliphatic carbocycles. The first-order valence-electron chi connectivity index (χ1n) is 4.84. The van der Waals surface area contributed by atoms with Crippen molar-refractivity contribution in [2.75, 3.05) is 0 Å². The fraction of sp³-hybridized carbons (Fsp3) is 0.111. The summed E-state index contributed by atoms with van der Waals surface area (Å²) in [6, 6.07) is 0. The van der Waals surface area contributed by atoms with Crippen molar-refractivity contribution in [2.24, 2.45) is 0 Å². The third-order valence-corrected chi connectivity index (χ3v) is 3.60. The predicted molar refractivity (Wildman–Crippen MR) is 66.2 cm³/mol. The zero-order valence-corrected chi connectivity index (χ0v) is 10.2. The Morgan fingerprint density at radius 1 is 0.765 bits per heavy atom. The van der Waals surface area contributed by atoms with Crippen LogP contribution in [0.15, 0.2) is 6.20 Å². The Morgan fingerprint density at radius 2 is 1.29 bits per heavy atom. The molecule has 0 aliphatic heterocycles. The van der Waals surface area contributed by atoms with Crippen molar-refractivity contribution in [3.8, 4) is 0 Å². The molecular weight excluding hydrogens is 256 g/mol. The molecule has 0 N–H and O–H groups in total. The standard InChI is InChI=1S/C9H4N6S2/c1-3-2-10-4-5(11-3)7-9(15-17-13-7)8-6(4)12-16-14-8/h2H,1H3. The summed E-state index contributed by atoms with van der Waals surface area (Å²) in [5.74, 6) is 0. The fourth-order valence-electron chi connectivity index (χ4n) is 1.81. The van der Waals surface area contributed by atoms with Crippen molar-refractivity contribution < 1.29 is 0 Å². The van der Waals surface area contributed by atoms with Gasteiger partial charge in [-0.05, 0) is 6.92 Å². The fourth-order valence-corrected chi connectivity index (χ4v) is 2.91. The molecule has 6 nitrogen and oxygen atoms in total. The van der Waals surface area contributed by atoms with E-state index in [0.717, 1.165) is 62.3 Å². The molecule has 0 bridgehead atoms. The minimum atomic E-state index is 0.750. The number of hydrogen-bond donors (Lipinski definition) is 0. The van der Waals surface area contributed by atoms with E-state index in [1.54, 1.807) is 6.20 Å². The Kier molecular flexibility index (Phi) is 1.69. The first kappa shape index (κ1) is 9.25. The Labute approximate surface area is 103 Å². The van der Waals surface area contributed by atoms with Gasteiger partial charge in [0.1, 0.15) is 33.1 Å². The molecule has 1 aromatic carbocycles. The molecule has 17 heavy (non-hydrogen) atoms. The molecule has 0 aliphatic rings. The summed E-state index contributed by atoms with van der Waals surface area (Å²) >= 11 is 2.32. The van der Waals surface area contributed by atoms with Crippen molar-refractivity contribution in [2.45, 2.75) is 6.92 Å². The molecule has 0 saturated heterocycles. The summed E-state index contributed by atoms with van der Waals surface area (Å²) < 4.78 is 17.1. The van der Waals surface area contributed by atoms with E-state index < -0.39 is 0 Å². The Hall–Kier alpha value is -1.80. The van der Waals surface area contributed by atoms with Crippen molar-refractivity contribution in [3.63, 3.8) is 0 Å². The molecule has 0 atom stereocenters. The van der Waals surface area contributed by atoms with Gasteiger partial charge in [0.2, 0.25) is 0 Å². The number of rotatable bonds is 0. The van der Waals surface area contributed by atoms with E-state index in [1.165, 1.54) is 0 Å². The number of aromatic nitrogens is 6. The lowest BCUT2D eigenvalue weighted by molar-refractivity contribution is 1.19. The zero-order valence-electron chi connectivity index (χ0n) is 8.58. The van der Waals surface area contributed by atoms with E-state index in [0.29, 0.717) is 0 Å². The van der Waals surface area contributed by atoms with E-state index >= 15 is 0 Å². The van der Waals surface area contributed by atoms with Crippen LogP contribution in [-0.2, 0) is 0 Å². The Morgan fingerprint density at radius 3 is 1.94 bits per heavy atom. The van der Waals surface area contributed by atoms with E-state index in [-0.39, 0.29) is 0 Å². The summed E-state index contributed by atoms with van der Waals surface area (Å²) in [6.45, 7) is 1.90. The topological polar surface area (TPSA) is 77.3 Å². The summed E-state index contributed by atoms with van der Waals surface area (Å²) in [5.41, 5.74) is 5.43. The molecule has 3 aromatic heterocycles. The molecule has 3 heterocycles. The van der Waals surface area contributed by atoms with Crippen molar-refractivity contribution in [1.82, 2.24) is 27.5 Å². The van der Waals surface area contributed by atoms with Gasteiger partial charge in [-0.1, -0.05) is 0 Å². The van der Waals surface area contributed by atoms with Crippen LogP contribution in [0.2, 0.25) is 0 Å². The van der Waals surface area contributed by atoms with Crippen LogP contribution in [0.4, 0.5) is 0 Å². The molecule has 82 valence electrons. The maximum Gasteiger partial charge on any atom is 0.136 e. The first-order chi connectivity index (χ1) is 8.34. The normalized spacial score (nSPS) is 11.8. The molecule has 0 fully saturated rings. The number of benzene rings is 1. The lowest BCUT2D eigenvalue weighted by atomic mass is 10.2. The van der Waals surface area contributed by atoms with Gasteiger partial charge in [-0.3, -0.25) is 4.98 Å². The third kappa shape index (κ3) is 1.13. The SMILES string of the molecule is Cc1cnc2c3nsnc3c3nsnc3c2n1. The summed E-state index contributed by atoms with van der Waals surface area (Å²) in [4.78, 5) is 8.87. The Balaban J connectivity index is 2.45. The van der Waals surface area contributed by atoms with E-state index in [9.17, 15) is 0 Å². The monoisotopic (exact) mass is 260 g/mol. The molecule has 0 saturated carbocycles. The second-order valence-electron chi connectivity index (χ2n) is 3.63. The van der Waals surface area contributed by atoms with Gasteiger partial charge in [-0.15, -0.1) is 0 Å². The van der Waals surface area contributed by atoms with Gasteiger partial charge in [0.15, 0.2) is 0 Å². The lowest BCUT2D eigenvalue weighted by Crippen LogP contribution is -1.90. The molecule has 0 radical (unpaired) electrons. The van der Waals surface area contributed by atoms with Crippen LogP contribution in [0.25, 0.3) is 33.1 Å². The quantitative estimate of drug-likeness (QED) is 0.481. The average Bonchev–Trinajstić information content (AvgIpc) is 2.97. The van der Waals surface area contributed by atoms with Crippen LogP contribution < -0.4 is 0 Å². The minimum Gasteiger partial charge on any atom is -0.250 e. The molecule has 0 amide bonds. The van der Waals surface area contributed by atoms with E-state index in [1.807, 2.05) is 6.92 Å². The van der Waals surface area contributed by atoms with Gasteiger partial charge in [0.25, 0.3) is 0 Å². The van der Waals surface area contributed by atoms with Crippen molar-refractivity contribution in [1.29, 1.82) is 0 Å². The summed E-state index contributed by atoms with van der Waals surface area (Å²) in [7, 11) is 0. The molecule has 0 unspecified atom stereocenters.